The summed E-state index contributed by atoms with van der Waals surface area (Å²) in [4.78, 5) is 26.0. The molecule has 0 radical (unpaired) electrons. The van der Waals surface area contributed by atoms with Crippen LogP contribution < -0.4 is 10.1 Å². The number of hydrogen-bond donors (Lipinski definition) is 1. The zero-order valence-electron chi connectivity index (χ0n) is 19.6. The molecule has 0 saturated heterocycles. The van der Waals surface area contributed by atoms with Crippen molar-refractivity contribution < 1.29 is 22.7 Å². The zero-order chi connectivity index (χ0) is 26.2. The van der Waals surface area contributed by atoms with Crippen LogP contribution in [0.1, 0.15) is 17.3 Å². The van der Waals surface area contributed by atoms with Crippen LogP contribution in [0.25, 0.3) is 33.5 Å². The summed E-state index contributed by atoms with van der Waals surface area (Å²) in [5, 5.41) is 10.4. The molecular weight excluding hydrogens is 489 g/mol. The van der Waals surface area contributed by atoms with Crippen LogP contribution in [0.3, 0.4) is 0 Å². The summed E-state index contributed by atoms with van der Waals surface area (Å²) in [6.07, 6.45) is -0.109. The van der Waals surface area contributed by atoms with Gasteiger partial charge < -0.3 is 10.1 Å². The Morgan fingerprint density at radius 3 is 2.57 bits per heavy atom. The molecule has 1 N–H and O–H groups in total. The predicted octanol–water partition coefficient (Wildman–Crippen LogP) is 4.51. The topological polar surface area (TPSA) is 113 Å². The molecule has 0 bridgehead atoms. The summed E-state index contributed by atoms with van der Waals surface area (Å²) in [5.41, 5.74) is 3.20. The van der Waals surface area contributed by atoms with Gasteiger partial charge in [-0.3, -0.25) is 9.48 Å². The Kier molecular flexibility index (Phi) is 6.03. The fourth-order valence-electron chi connectivity index (χ4n) is 3.73. The highest BCUT2D eigenvalue weighted by Crippen LogP contribution is 2.35. The van der Waals surface area contributed by atoms with Gasteiger partial charge in [-0.1, -0.05) is 30.3 Å². The summed E-state index contributed by atoms with van der Waals surface area (Å²) >= 11 is 0. The number of hydrogen-bond acceptors (Lipinski definition) is 7. The number of fused-ring (bicyclic) bond motifs is 1. The number of carbonyl (C=O) groups excluding carboxylic acids is 1. The minimum absolute atomic E-state index is 0.0139. The first-order valence-electron chi connectivity index (χ1n) is 11.0. The average Bonchev–Trinajstić information content (AvgIpc) is 3.56. The van der Waals surface area contributed by atoms with E-state index in [0.717, 1.165) is 11.8 Å². The average molecular weight is 508 g/mol. The second kappa shape index (κ2) is 9.33. The van der Waals surface area contributed by atoms with E-state index in [1.807, 2.05) is 43.5 Å². The lowest BCUT2D eigenvalue weighted by Crippen LogP contribution is -2.17. The van der Waals surface area contributed by atoms with Crippen LogP contribution in [-0.4, -0.2) is 47.5 Å². The highest BCUT2D eigenvalue weighted by Gasteiger charge is 2.32. The van der Waals surface area contributed by atoms with E-state index in [1.54, 1.807) is 10.7 Å². The van der Waals surface area contributed by atoms with E-state index in [4.69, 9.17) is 4.74 Å². The van der Waals surface area contributed by atoms with Gasteiger partial charge in [0.15, 0.2) is 11.6 Å². The molecule has 0 fully saturated rings. The van der Waals surface area contributed by atoms with E-state index < -0.39 is 12.2 Å². The molecule has 188 valence electrons. The van der Waals surface area contributed by atoms with Crippen LogP contribution in [0.5, 0.6) is 5.75 Å². The number of pyridine rings is 1. The van der Waals surface area contributed by atoms with Crippen molar-refractivity contribution in [2.45, 2.75) is 19.8 Å². The molecule has 0 spiro atoms. The van der Waals surface area contributed by atoms with Crippen LogP contribution in [0.4, 0.5) is 19.0 Å². The molecule has 5 rings (SSSR count). The third-order valence-corrected chi connectivity index (χ3v) is 5.52. The van der Waals surface area contributed by atoms with Gasteiger partial charge in [0, 0.05) is 36.1 Å². The van der Waals surface area contributed by atoms with Crippen molar-refractivity contribution in [3.63, 3.8) is 0 Å². The summed E-state index contributed by atoms with van der Waals surface area (Å²) in [7, 11) is 1.38. The molecule has 0 aliphatic carbocycles. The number of nitrogens with one attached hydrogen (secondary N) is 1. The number of ether oxygens (including phenoxy) is 1. The van der Waals surface area contributed by atoms with Crippen molar-refractivity contribution in [3.05, 3.63) is 66.9 Å². The highest BCUT2D eigenvalue weighted by molar-refractivity contribution is 6.05. The van der Waals surface area contributed by atoms with Crippen LogP contribution >= 0.6 is 0 Å². The first-order chi connectivity index (χ1) is 17.8. The molecule has 4 heterocycles. The van der Waals surface area contributed by atoms with Gasteiger partial charge in [-0.25, -0.2) is 15.0 Å². The Balaban J connectivity index is 1.60. The van der Waals surface area contributed by atoms with Gasteiger partial charge in [0.25, 0.3) is 5.91 Å². The maximum atomic E-state index is 12.9. The number of aryl methyl sites for hydroxylation is 1. The summed E-state index contributed by atoms with van der Waals surface area (Å²) in [6, 6.07) is 11.1. The number of benzene rings is 1. The Hall–Kier alpha value is -4.81. The number of nitrogens with zero attached hydrogens (tertiary/aromatic N) is 7. The second-order valence-electron chi connectivity index (χ2n) is 7.84. The standard InChI is InChI=1S/C24H19F3N8O2/c1-3-34-12-16(19(33-34)14-7-5-4-6-8-14)20-21-17(28-13-29-20)9-18(37-2)22(31-21)32-23(36)15-10-30-35(11-15)24(25,26)27/h4-13H,3H2,1-2H3,(H,31,32,36). The summed E-state index contributed by atoms with van der Waals surface area (Å²) in [5.74, 6) is -0.691. The van der Waals surface area contributed by atoms with Crippen molar-refractivity contribution in [3.8, 4) is 28.3 Å². The van der Waals surface area contributed by atoms with Crippen LogP contribution in [0.2, 0.25) is 0 Å². The molecule has 1 aromatic carbocycles. The van der Waals surface area contributed by atoms with Gasteiger partial charge in [-0.05, 0) is 6.92 Å². The van der Waals surface area contributed by atoms with Crippen molar-refractivity contribution in [2.24, 2.45) is 0 Å². The van der Waals surface area contributed by atoms with E-state index in [1.165, 1.54) is 13.4 Å². The Labute approximate surface area is 207 Å². The molecule has 4 aromatic heterocycles. The normalized spacial score (nSPS) is 11.6. The maximum Gasteiger partial charge on any atom is 0.504 e. The third-order valence-electron chi connectivity index (χ3n) is 5.52. The Bertz CT molecular complexity index is 1600. The van der Waals surface area contributed by atoms with Gasteiger partial charge in [0.2, 0.25) is 0 Å². The van der Waals surface area contributed by atoms with Crippen molar-refractivity contribution >= 4 is 22.8 Å². The maximum absolute atomic E-state index is 12.9. The zero-order valence-corrected chi connectivity index (χ0v) is 19.6. The highest BCUT2D eigenvalue weighted by atomic mass is 19.4. The van der Waals surface area contributed by atoms with Gasteiger partial charge in [0.05, 0.1) is 24.4 Å². The SMILES string of the molecule is CCn1cc(-c2ncnc3cc(OC)c(NC(=O)c4cnn(C(F)(F)F)c4)nc23)c(-c2ccccc2)n1. The minimum Gasteiger partial charge on any atom is -0.493 e. The number of aromatic nitrogens is 7. The van der Waals surface area contributed by atoms with E-state index >= 15 is 0 Å². The van der Waals surface area contributed by atoms with Crippen LogP contribution in [-0.2, 0) is 12.8 Å². The molecule has 0 saturated carbocycles. The molecule has 0 unspecified atom stereocenters. The first kappa shape index (κ1) is 23.9. The lowest BCUT2D eigenvalue weighted by atomic mass is 10.0. The fourth-order valence-corrected chi connectivity index (χ4v) is 3.73. The molecular formula is C24H19F3N8O2. The van der Waals surface area contributed by atoms with Crippen LogP contribution in [0, 0.1) is 0 Å². The molecule has 1 amide bonds. The molecule has 10 nitrogen and oxygen atoms in total. The lowest BCUT2D eigenvalue weighted by molar-refractivity contribution is -0.212. The van der Waals surface area contributed by atoms with Crippen molar-refractivity contribution in [1.82, 2.24) is 34.5 Å². The number of halogens is 3. The predicted molar refractivity (Wildman–Crippen MR) is 128 cm³/mol. The largest absolute Gasteiger partial charge is 0.504 e. The van der Waals surface area contributed by atoms with E-state index in [9.17, 15) is 18.0 Å². The van der Waals surface area contributed by atoms with Gasteiger partial charge in [-0.2, -0.15) is 14.9 Å². The lowest BCUT2D eigenvalue weighted by Gasteiger charge is -2.12. The molecule has 5 aromatic rings. The van der Waals surface area contributed by atoms with Crippen molar-refractivity contribution in [2.75, 3.05) is 12.4 Å². The van der Waals surface area contributed by atoms with Gasteiger partial charge >= 0.3 is 6.30 Å². The Morgan fingerprint density at radius 2 is 1.89 bits per heavy atom. The molecule has 13 heteroatoms. The number of alkyl halides is 3. The number of anilines is 1. The van der Waals surface area contributed by atoms with Crippen LogP contribution in [0.15, 0.2) is 61.3 Å². The minimum atomic E-state index is -4.75. The molecule has 37 heavy (non-hydrogen) atoms. The van der Waals surface area contributed by atoms with Gasteiger partial charge in [0.1, 0.15) is 23.2 Å². The number of amides is 1. The Morgan fingerprint density at radius 1 is 1.11 bits per heavy atom. The number of carbonyl (C=O) groups is 1. The quantitative estimate of drug-likeness (QED) is 0.359. The van der Waals surface area contributed by atoms with Gasteiger partial charge in [-0.15, -0.1) is 13.2 Å². The third kappa shape index (κ3) is 4.58. The number of rotatable bonds is 6. The summed E-state index contributed by atoms with van der Waals surface area (Å²) < 4.78 is 45.5. The monoisotopic (exact) mass is 508 g/mol. The molecule has 0 aliphatic heterocycles. The molecule has 0 atom stereocenters. The smallest absolute Gasteiger partial charge is 0.493 e. The van der Waals surface area contributed by atoms with Crippen molar-refractivity contribution in [1.29, 1.82) is 0 Å². The molecule has 0 aliphatic rings. The van der Waals surface area contributed by atoms with E-state index in [0.29, 0.717) is 40.7 Å². The second-order valence-corrected chi connectivity index (χ2v) is 7.84. The fraction of sp³-hybridized carbons (Fsp3) is 0.167. The number of methoxy groups -OCH3 is 1. The summed E-state index contributed by atoms with van der Waals surface area (Å²) in [6.45, 7) is 2.58. The van der Waals surface area contributed by atoms with E-state index in [-0.39, 0.29) is 21.8 Å². The van der Waals surface area contributed by atoms with E-state index in [2.05, 4.69) is 30.5 Å². The first-order valence-corrected chi connectivity index (χ1v) is 11.0.